The average molecular weight is 643 g/mol. The second-order valence-electron chi connectivity index (χ2n) is 13.9. The zero-order chi connectivity index (χ0) is 32.5. The predicted octanol–water partition coefficient (Wildman–Crippen LogP) is 6.05. The van der Waals surface area contributed by atoms with E-state index in [0.717, 1.165) is 50.0 Å². The topological polar surface area (TPSA) is 105 Å². The molecule has 3 heterocycles. The highest BCUT2D eigenvalue weighted by Gasteiger charge is 2.38. The van der Waals surface area contributed by atoms with Crippen LogP contribution in [-0.4, -0.2) is 76.6 Å². The summed E-state index contributed by atoms with van der Waals surface area (Å²) in [7, 11) is 3.60. The molecule has 1 aromatic carbocycles. The van der Waals surface area contributed by atoms with Crippen molar-refractivity contribution in [1.82, 2.24) is 25.0 Å². The number of ether oxygens (including phenoxy) is 1. The maximum absolute atomic E-state index is 13.1. The molecule has 0 radical (unpaired) electrons. The number of hydrogen-bond acceptors (Lipinski definition) is 7. The summed E-state index contributed by atoms with van der Waals surface area (Å²) in [6.07, 6.45) is 8.09. The van der Waals surface area contributed by atoms with Gasteiger partial charge in [0.1, 0.15) is 17.1 Å². The van der Waals surface area contributed by atoms with E-state index in [1.165, 1.54) is 51.7 Å². The molecule has 0 atom stereocenters. The Kier molecular flexibility index (Phi) is 9.33. The van der Waals surface area contributed by atoms with E-state index < -0.39 is 23.4 Å². The van der Waals surface area contributed by atoms with Crippen molar-refractivity contribution >= 4 is 22.5 Å². The van der Waals surface area contributed by atoms with Crippen LogP contribution in [0.1, 0.15) is 86.4 Å². The van der Waals surface area contributed by atoms with Crippen molar-refractivity contribution in [2.45, 2.75) is 82.0 Å². The third-order valence-corrected chi connectivity index (χ3v) is 10.6. The van der Waals surface area contributed by atoms with E-state index in [1.807, 2.05) is 10.9 Å². The number of hydrogen-bond donors (Lipinski definition) is 3. The van der Waals surface area contributed by atoms with E-state index in [-0.39, 0.29) is 11.7 Å². The molecule has 2 saturated carbocycles. The molecule has 12 heteroatoms. The summed E-state index contributed by atoms with van der Waals surface area (Å²) < 4.78 is 46.7. The summed E-state index contributed by atoms with van der Waals surface area (Å²) >= 11 is 0. The number of methoxy groups -OCH3 is 1. The molecule has 1 saturated heterocycles. The monoisotopic (exact) mass is 642 g/mol. The normalized spacial score (nSPS) is 24.0. The molecule has 3 N–H and O–H groups in total. The molecule has 3 aromatic rings. The van der Waals surface area contributed by atoms with Gasteiger partial charge in [-0.1, -0.05) is 6.07 Å². The summed E-state index contributed by atoms with van der Waals surface area (Å²) in [6, 6.07) is 6.73. The Bertz CT molecular complexity index is 1520. The van der Waals surface area contributed by atoms with Crippen molar-refractivity contribution in [3.8, 4) is 5.75 Å². The van der Waals surface area contributed by atoms with Crippen LogP contribution >= 0.6 is 0 Å². The molecule has 0 unspecified atom stereocenters. The van der Waals surface area contributed by atoms with Crippen molar-refractivity contribution in [2.75, 3.05) is 45.7 Å². The van der Waals surface area contributed by atoms with Crippen molar-refractivity contribution in [3.05, 3.63) is 47.9 Å². The maximum atomic E-state index is 13.1. The summed E-state index contributed by atoms with van der Waals surface area (Å²) in [5, 5.41) is 23.2. The second-order valence-corrected chi connectivity index (χ2v) is 13.9. The number of piperidine rings is 1. The summed E-state index contributed by atoms with van der Waals surface area (Å²) in [5.41, 5.74) is -0.656. The van der Waals surface area contributed by atoms with Gasteiger partial charge in [-0.3, -0.25) is 9.48 Å². The van der Waals surface area contributed by atoms with E-state index in [0.29, 0.717) is 47.7 Å². The number of nitrogens with one attached hydrogen (secondary N) is 2. The third kappa shape index (κ3) is 7.34. The number of carbonyl (C=O) groups is 1. The molecular weight excluding hydrogens is 597 g/mol. The quantitative estimate of drug-likeness (QED) is 0.275. The van der Waals surface area contributed by atoms with Crippen LogP contribution in [-0.2, 0) is 6.18 Å². The zero-order valence-corrected chi connectivity index (χ0v) is 26.7. The maximum Gasteiger partial charge on any atom is 0.433 e. The van der Waals surface area contributed by atoms with Crippen molar-refractivity contribution in [3.63, 3.8) is 0 Å². The van der Waals surface area contributed by atoms with Gasteiger partial charge in [0.25, 0.3) is 5.91 Å². The Hall–Kier alpha value is -3.22. The Morgan fingerprint density at radius 1 is 1.11 bits per heavy atom. The fraction of sp³-hybridized carbons (Fsp3) is 0.618. The lowest BCUT2D eigenvalue weighted by Crippen LogP contribution is -2.46. The van der Waals surface area contributed by atoms with E-state index in [2.05, 4.69) is 27.6 Å². The van der Waals surface area contributed by atoms with Crippen LogP contribution < -0.4 is 15.4 Å². The molecule has 3 aliphatic rings. The molecule has 9 nitrogen and oxygen atoms in total. The standard InChI is InChI=1S/C34H45F3N6O3/c1-42(20-23-6-10-32(11-7-23)14-16-38-17-15-32)22-33(45)12-8-25(9-13-33)43-21-24-18-28(29(46-2)19-27(24)41-43)40-31(44)26-4-3-5-30(39-26)34(35,36)37/h3-5,18-19,21,23,25,38,45H,6-17,20,22H2,1-2H3,(H,40,44). The largest absolute Gasteiger partial charge is 0.494 e. The van der Waals surface area contributed by atoms with Gasteiger partial charge in [0, 0.05) is 30.7 Å². The van der Waals surface area contributed by atoms with Crippen LogP contribution in [0.15, 0.2) is 36.5 Å². The molecule has 250 valence electrons. The van der Waals surface area contributed by atoms with Gasteiger partial charge >= 0.3 is 6.18 Å². The lowest BCUT2D eigenvalue weighted by atomic mass is 9.65. The minimum absolute atomic E-state index is 0.121. The number of rotatable bonds is 8. The van der Waals surface area contributed by atoms with Gasteiger partial charge in [-0.25, -0.2) is 4.98 Å². The number of aliphatic hydroxyl groups is 1. The fourth-order valence-corrected chi connectivity index (χ4v) is 7.93. The highest BCUT2D eigenvalue weighted by atomic mass is 19.4. The van der Waals surface area contributed by atoms with Gasteiger partial charge in [0.05, 0.1) is 30.0 Å². The lowest BCUT2D eigenvalue weighted by Gasteiger charge is -2.44. The molecule has 3 fully saturated rings. The molecule has 1 aliphatic heterocycles. The Morgan fingerprint density at radius 3 is 2.50 bits per heavy atom. The first-order valence-corrected chi connectivity index (χ1v) is 16.5. The summed E-state index contributed by atoms with van der Waals surface area (Å²) in [5.74, 6) is 0.264. The number of amides is 1. The number of nitrogens with zero attached hydrogens (tertiary/aromatic N) is 4. The number of halogens is 3. The molecule has 46 heavy (non-hydrogen) atoms. The molecule has 0 bridgehead atoms. The van der Waals surface area contributed by atoms with E-state index in [4.69, 9.17) is 9.84 Å². The van der Waals surface area contributed by atoms with Crippen LogP contribution in [0.3, 0.4) is 0 Å². The van der Waals surface area contributed by atoms with Gasteiger partial charge in [0.2, 0.25) is 0 Å². The van der Waals surface area contributed by atoms with Crippen LogP contribution in [0.4, 0.5) is 18.9 Å². The van der Waals surface area contributed by atoms with Crippen LogP contribution in [0.2, 0.25) is 0 Å². The molecular formula is C34H45F3N6O3. The Morgan fingerprint density at radius 2 is 1.83 bits per heavy atom. The zero-order valence-electron chi connectivity index (χ0n) is 26.7. The van der Waals surface area contributed by atoms with Crippen LogP contribution in [0.25, 0.3) is 10.9 Å². The minimum atomic E-state index is -4.65. The highest BCUT2D eigenvalue weighted by molar-refractivity contribution is 6.05. The number of pyridine rings is 1. The Balaban J connectivity index is 1.05. The van der Waals surface area contributed by atoms with E-state index in [9.17, 15) is 23.1 Å². The van der Waals surface area contributed by atoms with Crippen molar-refractivity contribution < 1.29 is 27.8 Å². The first-order chi connectivity index (χ1) is 21.9. The number of anilines is 1. The SMILES string of the molecule is COc1cc2nn(C3CCC(O)(CN(C)CC4CCC5(CCNCC5)CC4)CC3)cc2cc1NC(=O)c1cccc(C(F)(F)F)n1. The number of likely N-dealkylation sites (N-methyl/N-ethyl adjacent to an activating group) is 1. The summed E-state index contributed by atoms with van der Waals surface area (Å²) in [6.45, 7) is 4.03. The highest BCUT2D eigenvalue weighted by Crippen LogP contribution is 2.45. The smallest absolute Gasteiger partial charge is 0.433 e. The average Bonchev–Trinajstić information content (AvgIpc) is 3.45. The predicted molar refractivity (Wildman–Crippen MR) is 170 cm³/mol. The van der Waals surface area contributed by atoms with Gasteiger partial charge < -0.3 is 25.4 Å². The van der Waals surface area contributed by atoms with Gasteiger partial charge in [-0.15, -0.1) is 0 Å². The minimum Gasteiger partial charge on any atom is -0.494 e. The Labute approximate surface area is 267 Å². The van der Waals surface area contributed by atoms with E-state index >= 15 is 0 Å². The molecule has 1 spiro atoms. The van der Waals surface area contributed by atoms with Gasteiger partial charge in [0.15, 0.2) is 0 Å². The van der Waals surface area contributed by atoms with E-state index in [1.54, 1.807) is 12.1 Å². The first-order valence-electron chi connectivity index (χ1n) is 16.5. The number of aromatic nitrogens is 3. The lowest BCUT2D eigenvalue weighted by molar-refractivity contribution is -0.141. The molecule has 1 amide bonds. The molecule has 6 rings (SSSR count). The van der Waals surface area contributed by atoms with Gasteiger partial charge in [-0.05, 0) is 114 Å². The second kappa shape index (κ2) is 13.1. The number of fused-ring (bicyclic) bond motifs is 1. The van der Waals surface area contributed by atoms with Crippen molar-refractivity contribution in [1.29, 1.82) is 0 Å². The van der Waals surface area contributed by atoms with Gasteiger partial charge in [-0.2, -0.15) is 18.3 Å². The summed E-state index contributed by atoms with van der Waals surface area (Å²) in [4.78, 5) is 18.6. The molecule has 2 aliphatic carbocycles. The third-order valence-electron chi connectivity index (χ3n) is 10.6. The van der Waals surface area contributed by atoms with Crippen LogP contribution in [0.5, 0.6) is 5.75 Å². The van der Waals surface area contributed by atoms with Crippen molar-refractivity contribution in [2.24, 2.45) is 11.3 Å². The van der Waals surface area contributed by atoms with Crippen LogP contribution in [0, 0.1) is 11.3 Å². The number of benzene rings is 1. The fourth-order valence-electron chi connectivity index (χ4n) is 7.93. The molecule has 2 aromatic heterocycles. The number of carbonyl (C=O) groups excluding carboxylic acids is 1. The first kappa shape index (κ1) is 32.7. The number of alkyl halides is 3.